The summed E-state index contributed by atoms with van der Waals surface area (Å²) in [4.78, 5) is 21.6. The van der Waals surface area contributed by atoms with E-state index in [4.69, 9.17) is 0 Å². The molecule has 1 aromatic heterocycles. The molecule has 3 aliphatic rings. The molecule has 0 spiro atoms. The molecule has 0 radical (unpaired) electrons. The lowest BCUT2D eigenvalue weighted by Crippen LogP contribution is -2.44. The van der Waals surface area contributed by atoms with Crippen LogP contribution >= 0.6 is 37.2 Å². The number of anilines is 1. The van der Waals surface area contributed by atoms with Gasteiger partial charge in [0.2, 0.25) is 5.91 Å². The fourth-order valence-electron chi connectivity index (χ4n) is 4.66. The Bertz CT molecular complexity index is 630. The van der Waals surface area contributed by atoms with Gasteiger partial charge in [-0.15, -0.1) is 37.2 Å². The van der Waals surface area contributed by atoms with Gasteiger partial charge in [-0.1, -0.05) is 0 Å². The molecule has 6 nitrogen and oxygen atoms in total. The van der Waals surface area contributed by atoms with Gasteiger partial charge in [0.15, 0.2) is 0 Å². The van der Waals surface area contributed by atoms with Gasteiger partial charge in [-0.25, -0.2) is 4.98 Å². The second kappa shape index (κ2) is 12.2. The maximum Gasteiger partial charge on any atom is 0.220 e. The van der Waals surface area contributed by atoms with E-state index in [1.54, 1.807) is 0 Å². The molecule has 166 valence electrons. The fourth-order valence-corrected chi connectivity index (χ4v) is 4.66. The van der Waals surface area contributed by atoms with E-state index in [-0.39, 0.29) is 43.1 Å². The van der Waals surface area contributed by atoms with E-state index in [9.17, 15) is 4.79 Å². The number of piperazine rings is 1. The Kier molecular flexibility index (Phi) is 11.0. The normalized spacial score (nSPS) is 26.0. The molecule has 0 aromatic carbocycles. The lowest BCUT2D eigenvalue weighted by atomic mass is 9.89. The highest BCUT2D eigenvalue weighted by molar-refractivity contribution is 5.86. The number of piperidine rings is 1. The van der Waals surface area contributed by atoms with Gasteiger partial charge in [0.1, 0.15) is 5.82 Å². The largest absolute Gasteiger partial charge is 0.354 e. The van der Waals surface area contributed by atoms with Crippen LogP contribution in [0.15, 0.2) is 18.3 Å². The third kappa shape index (κ3) is 7.14. The number of carbonyl (C=O) groups excluding carboxylic acids is 1. The Labute approximate surface area is 192 Å². The van der Waals surface area contributed by atoms with Crippen molar-refractivity contribution in [1.82, 2.24) is 20.5 Å². The van der Waals surface area contributed by atoms with Crippen LogP contribution in [0.3, 0.4) is 0 Å². The lowest BCUT2D eigenvalue weighted by Gasteiger charge is -2.33. The smallest absolute Gasteiger partial charge is 0.220 e. The second-order valence-corrected chi connectivity index (χ2v) is 8.27. The number of aromatic nitrogens is 1. The van der Waals surface area contributed by atoms with Gasteiger partial charge in [-0.2, -0.15) is 0 Å². The Balaban J connectivity index is 0.00000140. The van der Waals surface area contributed by atoms with E-state index in [1.807, 2.05) is 12.3 Å². The van der Waals surface area contributed by atoms with Crippen LogP contribution < -0.4 is 15.5 Å². The van der Waals surface area contributed by atoms with Gasteiger partial charge in [0.25, 0.3) is 0 Å². The number of likely N-dealkylation sites (N-methyl/N-ethyl adjacent to an activating group) is 1. The summed E-state index contributed by atoms with van der Waals surface area (Å²) in [6, 6.07) is 5.43. The molecule has 3 aliphatic heterocycles. The highest BCUT2D eigenvalue weighted by atomic mass is 35.5. The molecule has 3 saturated heterocycles. The first-order valence-electron chi connectivity index (χ1n) is 10.1. The Hall–Kier alpha value is -0.790. The van der Waals surface area contributed by atoms with Crippen molar-refractivity contribution in [2.24, 2.45) is 5.92 Å². The van der Waals surface area contributed by atoms with Crippen LogP contribution in [0.1, 0.15) is 37.7 Å². The number of halogens is 3. The third-order valence-electron chi connectivity index (χ3n) is 6.17. The van der Waals surface area contributed by atoms with E-state index >= 15 is 0 Å². The molecule has 2 unspecified atom stereocenters. The van der Waals surface area contributed by atoms with Crippen molar-refractivity contribution < 1.29 is 4.79 Å². The predicted molar refractivity (Wildman–Crippen MR) is 125 cm³/mol. The topological polar surface area (TPSA) is 60.5 Å². The second-order valence-electron chi connectivity index (χ2n) is 8.27. The molecular formula is C20H34Cl3N5O. The first-order chi connectivity index (χ1) is 12.7. The van der Waals surface area contributed by atoms with Crippen molar-refractivity contribution in [2.45, 2.75) is 50.7 Å². The summed E-state index contributed by atoms with van der Waals surface area (Å²) in [5.41, 5.74) is 1.13. The van der Waals surface area contributed by atoms with E-state index in [1.165, 1.54) is 12.8 Å². The van der Waals surface area contributed by atoms with Crippen LogP contribution in [0.4, 0.5) is 5.82 Å². The van der Waals surface area contributed by atoms with Crippen molar-refractivity contribution in [3.8, 4) is 0 Å². The van der Waals surface area contributed by atoms with E-state index in [2.05, 4.69) is 38.5 Å². The molecule has 2 bridgehead atoms. The summed E-state index contributed by atoms with van der Waals surface area (Å²) in [6.45, 7) is 4.76. The number of amides is 1. The van der Waals surface area contributed by atoms with Crippen LogP contribution in [-0.2, 0) is 11.3 Å². The molecular weight excluding hydrogens is 433 g/mol. The van der Waals surface area contributed by atoms with Gasteiger partial charge in [0.05, 0.1) is 0 Å². The van der Waals surface area contributed by atoms with Gasteiger partial charge in [-0.3, -0.25) is 4.79 Å². The van der Waals surface area contributed by atoms with Crippen molar-refractivity contribution in [3.05, 3.63) is 23.9 Å². The monoisotopic (exact) mass is 465 g/mol. The molecule has 0 saturated carbocycles. The number of hydrogen-bond donors (Lipinski definition) is 2. The van der Waals surface area contributed by atoms with E-state index in [0.29, 0.717) is 31.0 Å². The van der Waals surface area contributed by atoms with Crippen molar-refractivity contribution >= 4 is 48.9 Å². The summed E-state index contributed by atoms with van der Waals surface area (Å²) in [6.07, 6.45) is 7.42. The zero-order chi connectivity index (χ0) is 17.9. The molecule has 3 fully saturated rings. The number of nitrogens with zero attached hydrogens (tertiary/aromatic N) is 3. The standard InChI is InChI=1S/C20H31N5O.3ClH/c1-24-6-8-25(9-7-24)19-12-15(4-5-21-19)14-22-20(26)13-16-10-17-2-3-18(11-16)23-17;;;/h4-5,12,16-18,23H,2-3,6-11,13-14H2,1H3,(H,22,26);3*1H. The maximum absolute atomic E-state index is 12.4. The molecule has 2 N–H and O–H groups in total. The van der Waals surface area contributed by atoms with Gasteiger partial charge in [0, 0.05) is 57.4 Å². The zero-order valence-corrected chi connectivity index (χ0v) is 19.5. The average Bonchev–Trinajstić information content (AvgIpc) is 2.99. The molecule has 9 heteroatoms. The van der Waals surface area contributed by atoms with Crippen LogP contribution in [0.2, 0.25) is 0 Å². The predicted octanol–water partition coefficient (Wildman–Crippen LogP) is 2.64. The lowest BCUT2D eigenvalue weighted by molar-refractivity contribution is -0.122. The molecule has 4 rings (SSSR count). The number of hydrogen-bond acceptors (Lipinski definition) is 5. The van der Waals surface area contributed by atoms with Gasteiger partial charge < -0.3 is 20.4 Å². The molecule has 1 amide bonds. The fraction of sp³-hybridized carbons (Fsp3) is 0.700. The summed E-state index contributed by atoms with van der Waals surface area (Å²) < 4.78 is 0. The molecule has 4 heterocycles. The number of carbonyl (C=O) groups is 1. The van der Waals surface area contributed by atoms with Crippen LogP contribution in [-0.4, -0.2) is 61.1 Å². The Morgan fingerprint density at radius 1 is 1.14 bits per heavy atom. The highest BCUT2D eigenvalue weighted by Crippen LogP contribution is 2.32. The molecule has 29 heavy (non-hydrogen) atoms. The summed E-state index contributed by atoms with van der Waals surface area (Å²) in [7, 11) is 2.16. The van der Waals surface area contributed by atoms with Crippen molar-refractivity contribution in [2.75, 3.05) is 38.1 Å². The number of rotatable bonds is 5. The Morgan fingerprint density at radius 3 is 2.45 bits per heavy atom. The first kappa shape index (κ1) is 26.2. The minimum Gasteiger partial charge on any atom is -0.354 e. The van der Waals surface area contributed by atoms with Crippen LogP contribution in [0, 0.1) is 5.92 Å². The van der Waals surface area contributed by atoms with Gasteiger partial charge in [-0.05, 0) is 56.3 Å². The van der Waals surface area contributed by atoms with Crippen LogP contribution in [0.5, 0.6) is 0 Å². The third-order valence-corrected chi connectivity index (χ3v) is 6.17. The number of fused-ring (bicyclic) bond motifs is 2. The van der Waals surface area contributed by atoms with E-state index < -0.39 is 0 Å². The van der Waals surface area contributed by atoms with Crippen LogP contribution in [0.25, 0.3) is 0 Å². The summed E-state index contributed by atoms with van der Waals surface area (Å²) in [5.74, 6) is 1.76. The average molecular weight is 467 g/mol. The van der Waals surface area contributed by atoms with Crippen molar-refractivity contribution in [3.63, 3.8) is 0 Å². The van der Waals surface area contributed by atoms with Crippen molar-refractivity contribution in [1.29, 1.82) is 0 Å². The summed E-state index contributed by atoms with van der Waals surface area (Å²) in [5, 5.41) is 6.76. The Morgan fingerprint density at radius 2 is 1.79 bits per heavy atom. The van der Waals surface area contributed by atoms with Gasteiger partial charge >= 0.3 is 0 Å². The quantitative estimate of drug-likeness (QED) is 0.698. The minimum absolute atomic E-state index is 0. The zero-order valence-electron chi connectivity index (χ0n) is 17.0. The molecule has 1 aromatic rings. The first-order valence-corrected chi connectivity index (χ1v) is 10.1. The van der Waals surface area contributed by atoms with E-state index in [0.717, 1.165) is 50.4 Å². The number of nitrogens with one attached hydrogen (secondary N) is 2. The summed E-state index contributed by atoms with van der Waals surface area (Å²) >= 11 is 0. The molecule has 0 aliphatic carbocycles. The minimum atomic E-state index is 0. The highest BCUT2D eigenvalue weighted by Gasteiger charge is 2.34. The maximum atomic E-state index is 12.4. The number of pyridine rings is 1. The SMILES string of the molecule is CN1CCN(c2cc(CNC(=O)CC3CC4CCC(C3)N4)ccn2)CC1.Cl.Cl.Cl. The molecule has 2 atom stereocenters.